The molecule has 0 amide bonds. The molecule has 0 unspecified atom stereocenters. The van der Waals surface area contributed by atoms with Gasteiger partial charge in [-0.25, -0.2) is 0 Å². The van der Waals surface area contributed by atoms with E-state index < -0.39 is 0 Å². The smallest absolute Gasteiger partial charge is 0.000661 e. The average molecular weight is 240 g/mol. The quantitative estimate of drug-likeness (QED) is 0.558. The maximum absolute atomic E-state index is 3.47. The molecule has 0 radical (unpaired) electrons. The molecular weight excluding hydrogens is 208 g/mol. The molecule has 1 rings (SSSR count). The Morgan fingerprint density at radius 3 is 2.47 bits per heavy atom. The van der Waals surface area contributed by atoms with Gasteiger partial charge in [0.25, 0.3) is 0 Å². The zero-order valence-corrected chi connectivity index (χ0v) is 12.0. The maximum atomic E-state index is 3.47. The second-order valence-corrected chi connectivity index (χ2v) is 5.72. The summed E-state index contributed by atoms with van der Waals surface area (Å²) in [7, 11) is 2.29. The first-order chi connectivity index (χ1) is 8.33. The number of hydrogen-bond acceptors (Lipinski definition) is 2. The number of rotatable bonds is 11. The van der Waals surface area contributed by atoms with Gasteiger partial charge in [0.2, 0.25) is 0 Å². The highest BCUT2D eigenvalue weighted by molar-refractivity contribution is 4.72. The summed E-state index contributed by atoms with van der Waals surface area (Å²) in [6.45, 7) is 7.28. The van der Waals surface area contributed by atoms with Crippen LogP contribution < -0.4 is 5.32 Å². The van der Waals surface area contributed by atoms with Gasteiger partial charge in [-0.05, 0) is 64.7 Å². The first-order valence-electron chi connectivity index (χ1n) is 7.72. The third-order valence-corrected chi connectivity index (χ3v) is 3.86. The molecule has 0 aromatic heterocycles. The zero-order valence-electron chi connectivity index (χ0n) is 12.0. The Bertz CT molecular complexity index is 166. The van der Waals surface area contributed by atoms with Crippen molar-refractivity contribution in [1.29, 1.82) is 0 Å². The van der Waals surface area contributed by atoms with Crippen molar-refractivity contribution in [3.63, 3.8) is 0 Å². The van der Waals surface area contributed by atoms with E-state index in [0.717, 1.165) is 5.92 Å². The van der Waals surface area contributed by atoms with Gasteiger partial charge in [0.1, 0.15) is 0 Å². The van der Waals surface area contributed by atoms with Crippen LogP contribution in [0.25, 0.3) is 0 Å². The molecule has 0 aromatic rings. The minimum absolute atomic E-state index is 1.03. The topological polar surface area (TPSA) is 15.3 Å². The summed E-state index contributed by atoms with van der Waals surface area (Å²) < 4.78 is 0. The second-order valence-electron chi connectivity index (χ2n) is 5.72. The Balaban J connectivity index is 1.76. The lowest BCUT2D eigenvalue weighted by molar-refractivity contribution is 0.203. The van der Waals surface area contributed by atoms with Gasteiger partial charge in [-0.2, -0.15) is 0 Å². The van der Waals surface area contributed by atoms with Crippen LogP contribution in [0, 0.1) is 5.92 Å². The van der Waals surface area contributed by atoms with E-state index in [9.17, 15) is 0 Å². The molecule has 0 saturated heterocycles. The van der Waals surface area contributed by atoms with Gasteiger partial charge in [-0.3, -0.25) is 0 Å². The van der Waals surface area contributed by atoms with Gasteiger partial charge in [0.15, 0.2) is 0 Å². The van der Waals surface area contributed by atoms with E-state index in [4.69, 9.17) is 0 Å². The fraction of sp³-hybridized carbons (Fsp3) is 1.00. The fourth-order valence-electron chi connectivity index (χ4n) is 2.49. The summed E-state index contributed by atoms with van der Waals surface area (Å²) in [4.78, 5) is 2.54. The molecule has 0 aromatic carbocycles. The normalized spacial score (nSPS) is 16.4. The van der Waals surface area contributed by atoms with Crippen LogP contribution in [0.3, 0.4) is 0 Å². The molecule has 2 heteroatoms. The van der Waals surface area contributed by atoms with Crippen molar-refractivity contribution in [1.82, 2.24) is 10.2 Å². The molecular formula is C15H32N2. The van der Waals surface area contributed by atoms with Gasteiger partial charge < -0.3 is 10.2 Å². The zero-order chi connectivity index (χ0) is 12.3. The van der Waals surface area contributed by atoms with Crippen molar-refractivity contribution >= 4 is 0 Å². The summed E-state index contributed by atoms with van der Waals surface area (Å²) in [5.41, 5.74) is 0. The van der Waals surface area contributed by atoms with Crippen LogP contribution in [0.1, 0.15) is 58.3 Å². The van der Waals surface area contributed by atoms with E-state index in [1.807, 2.05) is 0 Å². The SMILES string of the molecule is CCCNCCCCCCN(C)CC1CCC1. The van der Waals surface area contributed by atoms with Crippen LogP contribution in [0.4, 0.5) is 0 Å². The predicted molar refractivity (Wildman–Crippen MR) is 76.5 cm³/mol. The average Bonchev–Trinajstić information content (AvgIpc) is 2.27. The van der Waals surface area contributed by atoms with Gasteiger partial charge in [0, 0.05) is 6.54 Å². The van der Waals surface area contributed by atoms with Crippen molar-refractivity contribution in [2.45, 2.75) is 58.3 Å². The Morgan fingerprint density at radius 1 is 1.06 bits per heavy atom. The highest BCUT2D eigenvalue weighted by Crippen LogP contribution is 2.26. The number of nitrogens with zero attached hydrogens (tertiary/aromatic N) is 1. The highest BCUT2D eigenvalue weighted by Gasteiger charge is 2.18. The Morgan fingerprint density at radius 2 is 1.82 bits per heavy atom. The van der Waals surface area contributed by atoms with E-state index >= 15 is 0 Å². The molecule has 0 heterocycles. The van der Waals surface area contributed by atoms with Crippen LogP contribution >= 0.6 is 0 Å². The molecule has 0 spiro atoms. The number of hydrogen-bond donors (Lipinski definition) is 1. The first-order valence-corrected chi connectivity index (χ1v) is 7.72. The second kappa shape index (κ2) is 9.90. The minimum Gasteiger partial charge on any atom is -0.317 e. The summed E-state index contributed by atoms with van der Waals surface area (Å²) in [6, 6.07) is 0. The van der Waals surface area contributed by atoms with Gasteiger partial charge in [0.05, 0.1) is 0 Å². The lowest BCUT2D eigenvalue weighted by atomic mass is 9.85. The Kier molecular flexibility index (Phi) is 8.72. The molecule has 0 atom stereocenters. The minimum atomic E-state index is 1.03. The van der Waals surface area contributed by atoms with E-state index in [0.29, 0.717) is 0 Å². The van der Waals surface area contributed by atoms with Crippen LogP contribution in [0.2, 0.25) is 0 Å². The maximum Gasteiger partial charge on any atom is 0.000661 e. The molecule has 17 heavy (non-hydrogen) atoms. The molecule has 1 fully saturated rings. The molecule has 1 aliphatic rings. The Labute approximate surface area is 108 Å². The molecule has 0 bridgehead atoms. The lowest BCUT2D eigenvalue weighted by Crippen LogP contribution is -2.30. The lowest BCUT2D eigenvalue weighted by Gasteiger charge is -2.30. The van der Waals surface area contributed by atoms with Crippen molar-refractivity contribution in [3.8, 4) is 0 Å². The third-order valence-electron chi connectivity index (χ3n) is 3.86. The number of unbranched alkanes of at least 4 members (excludes halogenated alkanes) is 3. The van der Waals surface area contributed by atoms with Crippen LogP contribution in [-0.2, 0) is 0 Å². The summed E-state index contributed by atoms with van der Waals surface area (Å²) in [5, 5.41) is 3.47. The van der Waals surface area contributed by atoms with E-state index in [-0.39, 0.29) is 0 Å². The third kappa shape index (κ3) is 7.77. The van der Waals surface area contributed by atoms with Crippen LogP contribution in [-0.4, -0.2) is 38.1 Å². The molecule has 0 aliphatic heterocycles. The monoisotopic (exact) mass is 240 g/mol. The van der Waals surface area contributed by atoms with Crippen molar-refractivity contribution < 1.29 is 0 Å². The van der Waals surface area contributed by atoms with Gasteiger partial charge in [-0.15, -0.1) is 0 Å². The Hall–Kier alpha value is -0.0800. The predicted octanol–water partition coefficient (Wildman–Crippen LogP) is 3.28. The molecule has 1 saturated carbocycles. The summed E-state index contributed by atoms with van der Waals surface area (Å²) >= 11 is 0. The molecule has 1 aliphatic carbocycles. The van der Waals surface area contributed by atoms with Crippen molar-refractivity contribution in [2.24, 2.45) is 5.92 Å². The molecule has 102 valence electrons. The van der Waals surface area contributed by atoms with Gasteiger partial charge >= 0.3 is 0 Å². The largest absolute Gasteiger partial charge is 0.317 e. The van der Waals surface area contributed by atoms with E-state index in [1.165, 1.54) is 77.5 Å². The van der Waals surface area contributed by atoms with Crippen molar-refractivity contribution in [3.05, 3.63) is 0 Å². The molecule has 1 N–H and O–H groups in total. The summed E-state index contributed by atoms with van der Waals surface area (Å²) in [6.07, 6.45) is 11.2. The van der Waals surface area contributed by atoms with E-state index in [1.54, 1.807) is 0 Å². The number of nitrogens with one attached hydrogen (secondary N) is 1. The van der Waals surface area contributed by atoms with Gasteiger partial charge in [-0.1, -0.05) is 26.2 Å². The molecule has 2 nitrogen and oxygen atoms in total. The fourth-order valence-corrected chi connectivity index (χ4v) is 2.49. The first kappa shape index (κ1) is 15.0. The van der Waals surface area contributed by atoms with Crippen LogP contribution in [0.5, 0.6) is 0 Å². The summed E-state index contributed by atoms with van der Waals surface area (Å²) in [5.74, 6) is 1.03. The highest BCUT2D eigenvalue weighted by atomic mass is 15.1. The van der Waals surface area contributed by atoms with Crippen molar-refractivity contribution in [2.75, 3.05) is 33.2 Å². The standard InChI is InChI=1S/C15H32N2/c1-3-11-16-12-6-4-5-7-13-17(2)14-15-9-8-10-15/h15-16H,3-14H2,1-2H3. The van der Waals surface area contributed by atoms with E-state index in [2.05, 4.69) is 24.2 Å². The van der Waals surface area contributed by atoms with Crippen LogP contribution in [0.15, 0.2) is 0 Å².